The van der Waals surface area contributed by atoms with Crippen LogP contribution in [-0.2, 0) is 11.2 Å². The Hall–Kier alpha value is -0.480. The lowest BCUT2D eigenvalue weighted by Gasteiger charge is -2.10. The summed E-state index contributed by atoms with van der Waals surface area (Å²) in [5.41, 5.74) is 1.30. The second-order valence-corrected chi connectivity index (χ2v) is 7.09. The van der Waals surface area contributed by atoms with Gasteiger partial charge in [-0.2, -0.15) is 0 Å². The van der Waals surface area contributed by atoms with Gasteiger partial charge in [0.05, 0.1) is 5.25 Å². The van der Waals surface area contributed by atoms with Crippen molar-refractivity contribution in [2.24, 2.45) is 0 Å². The molecule has 1 amide bonds. The monoisotopic (exact) mass is 313 g/mol. The van der Waals surface area contributed by atoms with Gasteiger partial charge in [-0.3, -0.25) is 4.79 Å². The van der Waals surface area contributed by atoms with E-state index in [-0.39, 0.29) is 11.2 Å². The number of amides is 1. The van der Waals surface area contributed by atoms with Crippen LogP contribution in [0, 0.1) is 0 Å². The second kappa shape index (κ2) is 5.91. The Morgan fingerprint density at radius 3 is 3.06 bits per heavy atom. The van der Waals surface area contributed by atoms with Gasteiger partial charge in [-0.25, -0.2) is 0 Å². The summed E-state index contributed by atoms with van der Waals surface area (Å²) in [5.74, 6) is 0.166. The summed E-state index contributed by atoms with van der Waals surface area (Å²) < 4.78 is 0. The summed E-state index contributed by atoms with van der Waals surface area (Å²) >= 11 is 5.15. The number of rotatable bonds is 4. The smallest absolute Gasteiger partial charge is 0.233 e. The van der Waals surface area contributed by atoms with Gasteiger partial charge in [-0.1, -0.05) is 41.1 Å². The fraction of sp³-hybridized carbons (Fsp3) is 0.462. The van der Waals surface area contributed by atoms with Crippen molar-refractivity contribution in [3.63, 3.8) is 0 Å². The lowest BCUT2D eigenvalue weighted by Crippen LogP contribution is -2.33. The molecule has 4 heteroatoms. The molecule has 2 nitrogen and oxygen atoms in total. The average molecular weight is 314 g/mol. The SMILES string of the molecule is CC(Br)CCNC(=O)C1Cc2ccccc2S1. The molecular weight excluding hydrogens is 298 g/mol. The Balaban J connectivity index is 1.84. The maximum Gasteiger partial charge on any atom is 0.233 e. The van der Waals surface area contributed by atoms with E-state index in [1.54, 1.807) is 11.8 Å². The molecule has 2 atom stereocenters. The third-order valence-electron chi connectivity index (χ3n) is 2.78. The summed E-state index contributed by atoms with van der Waals surface area (Å²) in [6, 6.07) is 8.26. The van der Waals surface area contributed by atoms with E-state index < -0.39 is 0 Å². The molecule has 0 saturated heterocycles. The number of alkyl halides is 1. The molecule has 1 aliphatic heterocycles. The van der Waals surface area contributed by atoms with Crippen molar-refractivity contribution in [1.82, 2.24) is 5.32 Å². The molecule has 2 rings (SSSR count). The number of nitrogens with one attached hydrogen (secondary N) is 1. The van der Waals surface area contributed by atoms with Gasteiger partial charge in [0.1, 0.15) is 0 Å². The Morgan fingerprint density at radius 2 is 2.35 bits per heavy atom. The quantitative estimate of drug-likeness (QED) is 0.866. The first-order chi connectivity index (χ1) is 8.16. The van der Waals surface area contributed by atoms with Gasteiger partial charge in [0.25, 0.3) is 0 Å². The number of carbonyl (C=O) groups excluding carboxylic acids is 1. The van der Waals surface area contributed by atoms with Crippen molar-refractivity contribution >= 4 is 33.6 Å². The molecule has 0 bridgehead atoms. The minimum Gasteiger partial charge on any atom is -0.355 e. The molecule has 0 aliphatic carbocycles. The molecule has 1 heterocycles. The van der Waals surface area contributed by atoms with Crippen molar-refractivity contribution in [3.8, 4) is 0 Å². The third kappa shape index (κ3) is 3.49. The van der Waals surface area contributed by atoms with Crippen molar-refractivity contribution < 1.29 is 4.79 Å². The Morgan fingerprint density at radius 1 is 1.59 bits per heavy atom. The van der Waals surface area contributed by atoms with Gasteiger partial charge in [-0.05, 0) is 24.5 Å². The molecule has 0 saturated carbocycles. The summed E-state index contributed by atoms with van der Waals surface area (Å²) in [6.45, 7) is 2.84. The maximum absolute atomic E-state index is 11.9. The van der Waals surface area contributed by atoms with Crippen molar-refractivity contribution in [1.29, 1.82) is 0 Å². The Kier molecular flexibility index (Phi) is 4.51. The number of hydrogen-bond acceptors (Lipinski definition) is 2. The number of fused-ring (bicyclic) bond motifs is 1. The van der Waals surface area contributed by atoms with Gasteiger partial charge < -0.3 is 5.32 Å². The molecule has 0 radical (unpaired) electrons. The number of thioether (sulfide) groups is 1. The average Bonchev–Trinajstić information content (AvgIpc) is 2.71. The van der Waals surface area contributed by atoms with Crippen molar-refractivity contribution in [3.05, 3.63) is 29.8 Å². The van der Waals surface area contributed by atoms with Crippen LogP contribution < -0.4 is 5.32 Å². The summed E-state index contributed by atoms with van der Waals surface area (Å²) in [5, 5.41) is 3.05. The normalized spacial score (nSPS) is 19.8. The summed E-state index contributed by atoms with van der Waals surface area (Å²) in [6.07, 6.45) is 1.83. The van der Waals surface area contributed by atoms with Gasteiger partial charge in [-0.15, -0.1) is 11.8 Å². The number of halogens is 1. The first-order valence-electron chi connectivity index (χ1n) is 5.83. The van der Waals surface area contributed by atoms with Crippen LogP contribution in [0.4, 0.5) is 0 Å². The highest BCUT2D eigenvalue weighted by molar-refractivity contribution is 9.09. The van der Waals surface area contributed by atoms with E-state index in [9.17, 15) is 4.79 Å². The van der Waals surface area contributed by atoms with E-state index >= 15 is 0 Å². The zero-order chi connectivity index (χ0) is 12.3. The number of hydrogen-bond donors (Lipinski definition) is 1. The van der Waals surface area contributed by atoms with Gasteiger partial charge in [0, 0.05) is 16.3 Å². The molecule has 2 unspecified atom stereocenters. The second-order valence-electron chi connectivity index (χ2n) is 4.28. The van der Waals surface area contributed by atoms with E-state index in [0.717, 1.165) is 19.4 Å². The fourth-order valence-corrected chi connectivity index (χ4v) is 3.29. The molecular formula is C13H16BrNOS. The van der Waals surface area contributed by atoms with Crippen LogP contribution >= 0.6 is 27.7 Å². The topological polar surface area (TPSA) is 29.1 Å². The lowest BCUT2D eigenvalue weighted by molar-refractivity contribution is -0.120. The molecule has 0 aromatic heterocycles. The van der Waals surface area contributed by atoms with Crippen LogP contribution in [0.15, 0.2) is 29.2 Å². The van der Waals surface area contributed by atoms with Crippen LogP contribution in [0.5, 0.6) is 0 Å². The zero-order valence-electron chi connectivity index (χ0n) is 9.78. The predicted octanol–water partition coefficient (Wildman–Crippen LogP) is 2.99. The predicted molar refractivity (Wildman–Crippen MR) is 75.8 cm³/mol. The minimum atomic E-state index is 0.0537. The fourth-order valence-electron chi connectivity index (χ4n) is 1.84. The molecule has 0 spiro atoms. The number of carbonyl (C=O) groups is 1. The molecule has 17 heavy (non-hydrogen) atoms. The van der Waals surface area contributed by atoms with E-state index in [0.29, 0.717) is 4.83 Å². The van der Waals surface area contributed by atoms with Gasteiger partial charge >= 0.3 is 0 Å². The highest BCUT2D eigenvalue weighted by atomic mass is 79.9. The highest BCUT2D eigenvalue weighted by Crippen LogP contribution is 2.36. The molecule has 1 aromatic rings. The lowest BCUT2D eigenvalue weighted by atomic mass is 10.1. The molecule has 0 fully saturated rings. The van der Waals surface area contributed by atoms with E-state index in [1.807, 2.05) is 12.1 Å². The molecule has 1 aliphatic rings. The van der Waals surface area contributed by atoms with E-state index in [1.165, 1.54) is 10.5 Å². The Bertz CT molecular complexity index is 383. The first-order valence-corrected chi connectivity index (χ1v) is 7.62. The molecule has 92 valence electrons. The van der Waals surface area contributed by atoms with Crippen LogP contribution in [0.2, 0.25) is 0 Å². The van der Waals surface area contributed by atoms with Gasteiger partial charge in [0.2, 0.25) is 5.91 Å². The van der Waals surface area contributed by atoms with E-state index in [2.05, 4.69) is 40.3 Å². The third-order valence-corrected chi connectivity index (χ3v) is 4.56. The summed E-state index contributed by atoms with van der Waals surface area (Å²) in [4.78, 5) is 13.7. The van der Waals surface area contributed by atoms with Crippen molar-refractivity contribution in [2.75, 3.05) is 6.54 Å². The van der Waals surface area contributed by atoms with Gasteiger partial charge in [0.15, 0.2) is 0 Å². The molecule has 1 aromatic carbocycles. The largest absolute Gasteiger partial charge is 0.355 e. The van der Waals surface area contributed by atoms with Crippen LogP contribution in [-0.4, -0.2) is 22.5 Å². The highest BCUT2D eigenvalue weighted by Gasteiger charge is 2.27. The zero-order valence-corrected chi connectivity index (χ0v) is 12.2. The van der Waals surface area contributed by atoms with Crippen LogP contribution in [0.25, 0.3) is 0 Å². The van der Waals surface area contributed by atoms with E-state index in [4.69, 9.17) is 0 Å². The molecule has 1 N–H and O–H groups in total. The minimum absolute atomic E-state index is 0.0537. The summed E-state index contributed by atoms with van der Waals surface area (Å²) in [7, 11) is 0. The van der Waals surface area contributed by atoms with Crippen molar-refractivity contribution in [2.45, 2.75) is 34.7 Å². The Labute approximate surface area is 115 Å². The van der Waals surface area contributed by atoms with Crippen LogP contribution in [0.1, 0.15) is 18.9 Å². The van der Waals surface area contributed by atoms with Crippen LogP contribution in [0.3, 0.4) is 0 Å². The first kappa shape index (κ1) is 13.0. The standard InChI is InChI=1S/C13H16BrNOS/c1-9(14)6-7-15-13(16)12-8-10-4-2-3-5-11(10)17-12/h2-5,9,12H,6-8H2,1H3,(H,15,16). The number of benzene rings is 1. The maximum atomic E-state index is 11.9.